The summed E-state index contributed by atoms with van der Waals surface area (Å²) in [5.74, 6) is 1.06. The fourth-order valence-electron chi connectivity index (χ4n) is 2.30. The van der Waals surface area contributed by atoms with Gasteiger partial charge in [0.15, 0.2) is 16.7 Å². The molecule has 1 amide bonds. The van der Waals surface area contributed by atoms with Crippen LogP contribution >= 0.6 is 11.8 Å². The molecule has 1 N–H and O–H groups in total. The van der Waals surface area contributed by atoms with Crippen LogP contribution in [-0.4, -0.2) is 35.1 Å². The van der Waals surface area contributed by atoms with E-state index in [0.717, 1.165) is 6.07 Å². The van der Waals surface area contributed by atoms with Crippen molar-refractivity contribution in [1.29, 1.82) is 5.26 Å². The Kier molecular flexibility index (Phi) is 6.06. The first kappa shape index (κ1) is 19.8. The minimum atomic E-state index is -0.585. The molecule has 0 saturated carbocycles. The minimum Gasteiger partial charge on any atom is -0.493 e. The number of nitro benzene ring substituents is 1. The van der Waals surface area contributed by atoms with Gasteiger partial charge in [0.2, 0.25) is 5.91 Å². The number of ether oxygens (including phenoxy) is 2. The lowest BCUT2D eigenvalue weighted by Gasteiger charge is -2.11. The number of carbonyl (C=O) groups excluding carboxylic acids is 1. The molecule has 11 heteroatoms. The number of nitrogens with one attached hydrogen (secondary N) is 1. The summed E-state index contributed by atoms with van der Waals surface area (Å²) in [6.45, 7) is 0. The van der Waals surface area contributed by atoms with Gasteiger partial charge in [0.1, 0.15) is 17.4 Å². The van der Waals surface area contributed by atoms with Crippen LogP contribution < -0.4 is 14.8 Å². The van der Waals surface area contributed by atoms with Crippen LogP contribution in [0.2, 0.25) is 0 Å². The van der Waals surface area contributed by atoms with Crippen LogP contribution in [0, 0.1) is 21.4 Å². The highest BCUT2D eigenvalue weighted by molar-refractivity contribution is 8.15. The number of methoxy groups -OCH3 is 1. The third kappa shape index (κ3) is 4.88. The van der Waals surface area contributed by atoms with Crippen LogP contribution in [0.4, 0.5) is 5.69 Å². The molecule has 146 valence electrons. The third-order valence-electron chi connectivity index (χ3n) is 3.64. The highest BCUT2D eigenvalue weighted by atomic mass is 32.2. The summed E-state index contributed by atoms with van der Waals surface area (Å²) in [5, 5.41) is 30.9. The molecule has 0 aromatic heterocycles. The summed E-state index contributed by atoms with van der Waals surface area (Å²) in [6, 6.07) is 10.6. The largest absolute Gasteiger partial charge is 0.493 e. The lowest BCUT2D eigenvalue weighted by atomic mass is 10.2. The highest BCUT2D eigenvalue weighted by Crippen LogP contribution is 2.34. The monoisotopic (exact) mass is 411 g/mol. The topological polar surface area (TPSA) is 139 Å². The van der Waals surface area contributed by atoms with E-state index in [1.54, 1.807) is 18.2 Å². The first-order valence-corrected chi connectivity index (χ1v) is 9.07. The van der Waals surface area contributed by atoms with Gasteiger partial charge in [-0.25, -0.2) is 0 Å². The van der Waals surface area contributed by atoms with Crippen molar-refractivity contribution in [3.8, 4) is 23.3 Å². The Bertz CT molecular complexity index is 1080. The van der Waals surface area contributed by atoms with Crippen molar-refractivity contribution in [2.24, 2.45) is 10.2 Å². The molecule has 1 aliphatic heterocycles. The fourth-order valence-corrected chi connectivity index (χ4v) is 2.93. The van der Waals surface area contributed by atoms with Crippen molar-refractivity contribution < 1.29 is 19.2 Å². The minimum absolute atomic E-state index is 0.0267. The zero-order chi connectivity index (χ0) is 20.8. The third-order valence-corrected chi connectivity index (χ3v) is 4.51. The summed E-state index contributed by atoms with van der Waals surface area (Å²) in [4.78, 5) is 21.4. The number of hydrogen-bond acceptors (Lipinski definition) is 9. The van der Waals surface area contributed by atoms with E-state index >= 15 is 0 Å². The molecule has 0 atom stereocenters. The zero-order valence-electron chi connectivity index (χ0n) is 15.0. The summed E-state index contributed by atoms with van der Waals surface area (Å²) < 4.78 is 11.0. The standard InChI is InChI=1S/C18H13N5O5S/c1-27-16-6-11(9-20-22-18-21-17(24)10-29-18)2-4-15(16)28-14-5-3-13(23(25)26)7-12(14)8-19/h2-7,9H,10H2,1H3,(H,21,22,24)/b20-9+. The number of amidine groups is 1. The maximum absolute atomic E-state index is 11.1. The summed E-state index contributed by atoms with van der Waals surface area (Å²) >= 11 is 1.27. The fraction of sp³-hybridized carbons (Fsp3) is 0.111. The van der Waals surface area contributed by atoms with Gasteiger partial charge < -0.3 is 14.8 Å². The Hall–Kier alpha value is -3.91. The van der Waals surface area contributed by atoms with Crippen molar-refractivity contribution >= 4 is 34.7 Å². The molecule has 1 saturated heterocycles. The number of amides is 1. The molecule has 29 heavy (non-hydrogen) atoms. The number of non-ortho nitro benzene ring substituents is 1. The molecule has 0 bridgehead atoms. The molecule has 3 rings (SSSR count). The number of nitriles is 1. The average Bonchev–Trinajstić information content (AvgIpc) is 3.14. The molecule has 1 fully saturated rings. The molecular formula is C18H13N5O5S. The van der Waals surface area contributed by atoms with Gasteiger partial charge in [-0.05, 0) is 29.8 Å². The maximum Gasteiger partial charge on any atom is 0.271 e. The molecule has 1 aliphatic rings. The second kappa shape index (κ2) is 8.85. The molecule has 0 unspecified atom stereocenters. The van der Waals surface area contributed by atoms with Gasteiger partial charge in [0, 0.05) is 12.1 Å². The van der Waals surface area contributed by atoms with Crippen molar-refractivity contribution in [2.45, 2.75) is 0 Å². The van der Waals surface area contributed by atoms with Crippen molar-refractivity contribution in [3.05, 3.63) is 57.6 Å². The first-order chi connectivity index (χ1) is 14.0. The zero-order valence-corrected chi connectivity index (χ0v) is 15.8. The Morgan fingerprint density at radius 2 is 2.07 bits per heavy atom. The molecule has 2 aromatic rings. The Morgan fingerprint density at radius 3 is 2.72 bits per heavy atom. The van der Waals surface area contributed by atoms with E-state index in [4.69, 9.17) is 9.47 Å². The molecule has 0 spiro atoms. The van der Waals surface area contributed by atoms with Crippen LogP contribution in [0.3, 0.4) is 0 Å². The second-order valence-electron chi connectivity index (χ2n) is 5.55. The van der Waals surface area contributed by atoms with E-state index in [0.29, 0.717) is 28.0 Å². The van der Waals surface area contributed by atoms with Crippen molar-refractivity contribution in [1.82, 2.24) is 5.32 Å². The van der Waals surface area contributed by atoms with Gasteiger partial charge in [-0.3, -0.25) is 14.9 Å². The van der Waals surface area contributed by atoms with E-state index in [-0.39, 0.29) is 22.9 Å². The van der Waals surface area contributed by atoms with Gasteiger partial charge in [0.25, 0.3) is 5.69 Å². The van der Waals surface area contributed by atoms with Crippen LogP contribution in [0.15, 0.2) is 46.6 Å². The molecular weight excluding hydrogens is 398 g/mol. The number of nitro groups is 1. The lowest BCUT2D eigenvalue weighted by molar-refractivity contribution is -0.384. The summed E-state index contributed by atoms with van der Waals surface area (Å²) in [6.07, 6.45) is 1.48. The SMILES string of the molecule is COc1cc(/C=N/N=C2/NC(=O)CS2)ccc1Oc1ccc([N+](=O)[O-])cc1C#N. The molecule has 1 heterocycles. The van der Waals surface area contributed by atoms with Crippen molar-refractivity contribution in [3.63, 3.8) is 0 Å². The van der Waals surface area contributed by atoms with Gasteiger partial charge in [0.05, 0.1) is 24.0 Å². The van der Waals surface area contributed by atoms with Crippen LogP contribution in [-0.2, 0) is 4.79 Å². The molecule has 0 radical (unpaired) electrons. The highest BCUT2D eigenvalue weighted by Gasteiger charge is 2.16. The van der Waals surface area contributed by atoms with Gasteiger partial charge in [-0.1, -0.05) is 11.8 Å². The number of thioether (sulfide) groups is 1. The second-order valence-corrected chi connectivity index (χ2v) is 6.51. The van der Waals surface area contributed by atoms with Crippen LogP contribution in [0.5, 0.6) is 17.2 Å². The van der Waals surface area contributed by atoms with Gasteiger partial charge in [-0.15, -0.1) is 5.10 Å². The maximum atomic E-state index is 11.1. The number of hydrogen-bond donors (Lipinski definition) is 1. The van der Waals surface area contributed by atoms with Gasteiger partial charge >= 0.3 is 0 Å². The van der Waals surface area contributed by atoms with E-state index in [1.165, 1.54) is 37.2 Å². The summed E-state index contributed by atoms with van der Waals surface area (Å²) in [7, 11) is 1.45. The van der Waals surface area contributed by atoms with E-state index in [9.17, 15) is 20.2 Å². The van der Waals surface area contributed by atoms with Gasteiger partial charge in [-0.2, -0.15) is 10.4 Å². The Balaban J connectivity index is 1.80. The molecule has 10 nitrogen and oxygen atoms in total. The average molecular weight is 411 g/mol. The number of benzene rings is 2. The molecule has 0 aliphatic carbocycles. The lowest BCUT2D eigenvalue weighted by Crippen LogP contribution is -2.19. The number of carbonyl (C=O) groups is 1. The predicted molar refractivity (Wildman–Crippen MR) is 107 cm³/mol. The van der Waals surface area contributed by atoms with Crippen molar-refractivity contribution in [2.75, 3.05) is 12.9 Å². The Labute approximate surface area is 169 Å². The molecule has 2 aromatic carbocycles. The number of rotatable bonds is 6. The quantitative estimate of drug-likeness (QED) is 0.438. The van der Waals surface area contributed by atoms with Crippen LogP contribution in [0.25, 0.3) is 0 Å². The predicted octanol–water partition coefficient (Wildman–Crippen LogP) is 2.82. The number of nitrogens with zero attached hydrogens (tertiary/aromatic N) is 4. The first-order valence-electron chi connectivity index (χ1n) is 8.08. The Morgan fingerprint density at radius 1 is 1.28 bits per heavy atom. The smallest absolute Gasteiger partial charge is 0.271 e. The van der Waals surface area contributed by atoms with E-state index in [2.05, 4.69) is 15.5 Å². The van der Waals surface area contributed by atoms with Crippen LogP contribution in [0.1, 0.15) is 11.1 Å². The normalized spacial score (nSPS) is 14.6. The van der Waals surface area contributed by atoms with E-state index in [1.807, 2.05) is 6.07 Å². The van der Waals surface area contributed by atoms with E-state index < -0.39 is 4.92 Å². The summed E-state index contributed by atoms with van der Waals surface area (Å²) in [5.41, 5.74) is 0.488.